The van der Waals surface area contributed by atoms with Crippen molar-refractivity contribution in [3.63, 3.8) is 0 Å². The summed E-state index contributed by atoms with van der Waals surface area (Å²) in [6.45, 7) is 5.00. The van der Waals surface area contributed by atoms with Crippen molar-refractivity contribution >= 4 is 5.91 Å². The fraction of sp³-hybridized carbons (Fsp3) is 0.312. The molecule has 1 heterocycles. The van der Waals surface area contributed by atoms with Crippen molar-refractivity contribution in [1.29, 1.82) is 0 Å². The van der Waals surface area contributed by atoms with Crippen molar-refractivity contribution < 1.29 is 9.63 Å². The maximum absolute atomic E-state index is 12.3. The van der Waals surface area contributed by atoms with Crippen molar-refractivity contribution in [2.45, 2.75) is 20.5 Å². The number of aromatic nitrogens is 2. The minimum Gasteiger partial charge on any atom is -0.406 e. The lowest BCUT2D eigenvalue weighted by Gasteiger charge is -2.18. The third-order valence-electron chi connectivity index (χ3n) is 3.27. The van der Waals surface area contributed by atoms with E-state index in [1.807, 2.05) is 44.2 Å². The minimum atomic E-state index is -0.546. The molecule has 2 aromatic rings. The van der Waals surface area contributed by atoms with Gasteiger partial charge in [0.05, 0.1) is 6.20 Å². The highest BCUT2D eigenvalue weighted by Gasteiger charge is 2.19. The van der Waals surface area contributed by atoms with Crippen LogP contribution in [-0.2, 0) is 6.61 Å². The third kappa shape index (κ3) is 3.52. The van der Waals surface area contributed by atoms with Crippen LogP contribution in [0.25, 0.3) is 0 Å². The van der Waals surface area contributed by atoms with Gasteiger partial charge in [-0.25, -0.2) is 4.98 Å². The Morgan fingerprint density at radius 1 is 1.23 bits per heavy atom. The van der Waals surface area contributed by atoms with Crippen LogP contribution < -0.4 is 10.4 Å². The number of carbonyl (C=O) groups is 1. The van der Waals surface area contributed by atoms with Crippen LogP contribution in [0.3, 0.4) is 0 Å². The molecule has 0 bridgehead atoms. The van der Waals surface area contributed by atoms with Crippen molar-refractivity contribution in [2.75, 3.05) is 13.1 Å². The predicted molar refractivity (Wildman–Crippen MR) is 82.5 cm³/mol. The van der Waals surface area contributed by atoms with Gasteiger partial charge in [0, 0.05) is 19.3 Å². The largest absolute Gasteiger partial charge is 0.406 e. The first-order valence-corrected chi connectivity index (χ1v) is 7.21. The number of benzene rings is 1. The van der Waals surface area contributed by atoms with Crippen LogP contribution >= 0.6 is 0 Å². The Morgan fingerprint density at radius 3 is 2.55 bits per heavy atom. The molecule has 22 heavy (non-hydrogen) atoms. The molecular weight excluding hydrogens is 282 g/mol. The van der Waals surface area contributed by atoms with Gasteiger partial charge in [0.25, 0.3) is 5.91 Å². The molecular formula is C16H19N3O3. The summed E-state index contributed by atoms with van der Waals surface area (Å²) in [5.74, 6) is -0.382. The smallest absolute Gasteiger partial charge is 0.314 e. The first-order valence-electron chi connectivity index (χ1n) is 7.21. The third-order valence-corrected chi connectivity index (χ3v) is 3.27. The zero-order valence-electron chi connectivity index (χ0n) is 12.7. The van der Waals surface area contributed by atoms with Crippen molar-refractivity contribution in [1.82, 2.24) is 14.6 Å². The summed E-state index contributed by atoms with van der Waals surface area (Å²) in [6.07, 6.45) is 2.80. The van der Waals surface area contributed by atoms with Gasteiger partial charge >= 0.3 is 5.56 Å². The fourth-order valence-electron chi connectivity index (χ4n) is 2.02. The quantitative estimate of drug-likeness (QED) is 0.808. The molecule has 0 saturated carbocycles. The lowest BCUT2D eigenvalue weighted by molar-refractivity contribution is 0.0724. The van der Waals surface area contributed by atoms with Crippen molar-refractivity contribution in [3.8, 4) is 0 Å². The van der Waals surface area contributed by atoms with Crippen LogP contribution in [0.1, 0.15) is 29.9 Å². The molecule has 0 N–H and O–H groups in total. The number of amides is 1. The normalized spacial score (nSPS) is 10.3. The molecule has 0 saturated heterocycles. The highest BCUT2D eigenvalue weighted by molar-refractivity contribution is 5.91. The van der Waals surface area contributed by atoms with Crippen LogP contribution in [0.15, 0.2) is 47.5 Å². The van der Waals surface area contributed by atoms with E-state index in [1.165, 1.54) is 12.4 Å². The Bertz CT molecular complexity index is 679. The van der Waals surface area contributed by atoms with Gasteiger partial charge in [-0.3, -0.25) is 9.59 Å². The average molecular weight is 301 g/mol. The second-order valence-corrected chi connectivity index (χ2v) is 4.64. The molecule has 1 aromatic carbocycles. The molecule has 1 aromatic heterocycles. The van der Waals surface area contributed by atoms with E-state index in [1.54, 1.807) is 4.90 Å². The Balaban J connectivity index is 2.19. The van der Waals surface area contributed by atoms with Gasteiger partial charge in [-0.1, -0.05) is 30.3 Å². The Kier molecular flexibility index (Phi) is 5.30. The van der Waals surface area contributed by atoms with E-state index < -0.39 is 5.56 Å². The van der Waals surface area contributed by atoms with Crippen molar-refractivity contribution in [2.24, 2.45) is 0 Å². The van der Waals surface area contributed by atoms with E-state index in [9.17, 15) is 9.59 Å². The molecule has 1 amide bonds. The van der Waals surface area contributed by atoms with Gasteiger partial charge in [-0.2, -0.15) is 0 Å². The summed E-state index contributed by atoms with van der Waals surface area (Å²) in [5, 5.41) is 0. The number of rotatable bonds is 6. The maximum Gasteiger partial charge on any atom is 0.314 e. The predicted octanol–water partition coefficient (Wildman–Crippen LogP) is 1.35. The first kappa shape index (κ1) is 15.8. The zero-order chi connectivity index (χ0) is 15.9. The lowest BCUT2D eigenvalue weighted by atomic mass is 10.2. The monoisotopic (exact) mass is 301 g/mol. The molecule has 0 spiro atoms. The first-order chi connectivity index (χ1) is 10.7. The summed E-state index contributed by atoms with van der Waals surface area (Å²) < 4.78 is 1.05. The van der Waals surface area contributed by atoms with Gasteiger partial charge in [0.1, 0.15) is 6.61 Å². The molecule has 0 aliphatic heterocycles. The standard InChI is InChI=1S/C16H19N3O3/c1-3-18(4-2)15(20)14-16(21)19(11-10-17-14)22-12-13-8-6-5-7-9-13/h5-11H,3-4,12H2,1-2H3. The maximum atomic E-state index is 12.3. The van der Waals surface area contributed by atoms with E-state index in [2.05, 4.69) is 4.98 Å². The zero-order valence-corrected chi connectivity index (χ0v) is 12.7. The lowest BCUT2D eigenvalue weighted by Crippen LogP contribution is -2.38. The van der Waals surface area contributed by atoms with Crippen LogP contribution in [0.5, 0.6) is 0 Å². The van der Waals surface area contributed by atoms with E-state index in [-0.39, 0.29) is 18.2 Å². The summed E-state index contributed by atoms with van der Waals surface area (Å²) in [6, 6.07) is 9.48. The molecule has 0 aliphatic carbocycles. The number of hydrogen-bond donors (Lipinski definition) is 0. The summed E-state index contributed by atoms with van der Waals surface area (Å²) >= 11 is 0. The molecule has 2 rings (SSSR count). The van der Waals surface area contributed by atoms with Crippen LogP contribution in [0, 0.1) is 0 Å². The average Bonchev–Trinajstić information content (AvgIpc) is 2.56. The Hall–Kier alpha value is -2.63. The molecule has 0 fully saturated rings. The fourth-order valence-corrected chi connectivity index (χ4v) is 2.02. The SMILES string of the molecule is CCN(CC)C(=O)c1nccn(OCc2ccccc2)c1=O. The molecule has 0 aliphatic rings. The highest BCUT2D eigenvalue weighted by atomic mass is 16.7. The number of carbonyl (C=O) groups excluding carboxylic acids is 1. The second kappa shape index (κ2) is 7.40. The van der Waals surface area contributed by atoms with Crippen LogP contribution in [-0.4, -0.2) is 33.6 Å². The van der Waals surface area contributed by atoms with E-state index in [0.29, 0.717) is 13.1 Å². The molecule has 0 unspecified atom stereocenters. The summed E-state index contributed by atoms with van der Waals surface area (Å²) in [4.78, 5) is 35.5. The van der Waals surface area contributed by atoms with Gasteiger partial charge in [-0.05, 0) is 19.4 Å². The molecule has 116 valence electrons. The Morgan fingerprint density at radius 2 is 1.91 bits per heavy atom. The topological polar surface area (TPSA) is 64.4 Å². The van der Waals surface area contributed by atoms with Crippen LogP contribution in [0.2, 0.25) is 0 Å². The number of nitrogens with zero attached hydrogens (tertiary/aromatic N) is 3. The number of hydrogen-bond acceptors (Lipinski definition) is 4. The Labute approximate surface area is 128 Å². The molecule has 0 radical (unpaired) electrons. The van der Waals surface area contributed by atoms with Gasteiger partial charge in [0.2, 0.25) is 0 Å². The second-order valence-electron chi connectivity index (χ2n) is 4.64. The van der Waals surface area contributed by atoms with E-state index in [4.69, 9.17) is 4.84 Å². The highest BCUT2D eigenvalue weighted by Crippen LogP contribution is 1.99. The van der Waals surface area contributed by atoms with Crippen LogP contribution in [0.4, 0.5) is 0 Å². The van der Waals surface area contributed by atoms with Gasteiger partial charge in [-0.15, -0.1) is 4.73 Å². The van der Waals surface area contributed by atoms with Gasteiger partial charge < -0.3 is 9.74 Å². The summed E-state index contributed by atoms with van der Waals surface area (Å²) in [5.41, 5.74) is 0.262. The minimum absolute atomic E-state index is 0.126. The molecule has 0 atom stereocenters. The van der Waals surface area contributed by atoms with Crippen molar-refractivity contribution in [3.05, 3.63) is 64.3 Å². The van der Waals surface area contributed by atoms with Gasteiger partial charge in [0.15, 0.2) is 5.69 Å². The molecule has 6 nitrogen and oxygen atoms in total. The molecule has 6 heteroatoms. The summed E-state index contributed by atoms with van der Waals surface area (Å²) in [7, 11) is 0. The van der Waals surface area contributed by atoms with E-state index >= 15 is 0 Å². The van der Waals surface area contributed by atoms with E-state index in [0.717, 1.165) is 10.3 Å².